The Morgan fingerprint density at radius 3 is 1.95 bits per heavy atom. The Hall–Kier alpha value is -1.72. The molecule has 0 aliphatic heterocycles. The van der Waals surface area contributed by atoms with Crippen LogP contribution in [0.1, 0.15) is 16.5 Å². The van der Waals surface area contributed by atoms with Gasteiger partial charge >= 0.3 is 0 Å². The predicted molar refractivity (Wildman–Crippen MR) is 81.3 cm³/mol. The van der Waals surface area contributed by atoms with Crippen molar-refractivity contribution in [2.24, 2.45) is 0 Å². The maximum Gasteiger partial charge on any atom is 0.129 e. The Morgan fingerprint density at radius 1 is 0.900 bits per heavy atom. The van der Waals surface area contributed by atoms with Crippen LogP contribution in [-0.4, -0.2) is 28.4 Å². The highest BCUT2D eigenvalue weighted by Crippen LogP contribution is 2.34. The van der Waals surface area contributed by atoms with Crippen molar-refractivity contribution in [1.82, 2.24) is 5.32 Å². The van der Waals surface area contributed by atoms with E-state index in [-0.39, 0.29) is 6.04 Å². The summed E-state index contributed by atoms with van der Waals surface area (Å²) in [5, 5.41) is 5.32. The van der Waals surface area contributed by atoms with Crippen molar-refractivity contribution >= 4 is 11.3 Å². The number of benzene rings is 1. The van der Waals surface area contributed by atoms with E-state index in [4.69, 9.17) is 14.2 Å². The topological polar surface area (TPSA) is 39.7 Å². The second-order valence-corrected chi connectivity index (χ2v) is 5.20. The average molecular weight is 293 g/mol. The van der Waals surface area contributed by atoms with Crippen molar-refractivity contribution < 1.29 is 14.2 Å². The van der Waals surface area contributed by atoms with Gasteiger partial charge in [-0.15, -0.1) is 11.3 Å². The van der Waals surface area contributed by atoms with Crippen LogP contribution in [0.2, 0.25) is 0 Å². The molecular formula is C15H19NO3S. The van der Waals surface area contributed by atoms with Gasteiger partial charge in [-0.25, -0.2) is 0 Å². The van der Waals surface area contributed by atoms with Crippen molar-refractivity contribution in [2.75, 3.05) is 28.4 Å². The molecule has 0 fully saturated rings. The number of thiophene rings is 1. The minimum Gasteiger partial charge on any atom is -0.497 e. The molecule has 1 aromatic carbocycles. The molecule has 0 bridgehead atoms. The number of hydrogen-bond acceptors (Lipinski definition) is 5. The van der Waals surface area contributed by atoms with Gasteiger partial charge in [-0.2, -0.15) is 0 Å². The summed E-state index contributed by atoms with van der Waals surface area (Å²) in [6.45, 7) is 0. The summed E-state index contributed by atoms with van der Waals surface area (Å²) in [6, 6.07) is 8.00. The number of rotatable bonds is 6. The first-order valence-electron chi connectivity index (χ1n) is 6.24. The summed E-state index contributed by atoms with van der Waals surface area (Å²) in [4.78, 5) is 1.18. The van der Waals surface area contributed by atoms with Gasteiger partial charge in [0.15, 0.2) is 0 Å². The lowest BCUT2D eigenvalue weighted by Crippen LogP contribution is -2.16. The first-order valence-corrected chi connectivity index (χ1v) is 7.12. The molecule has 1 aromatic heterocycles. The Labute approximate surface area is 123 Å². The van der Waals surface area contributed by atoms with E-state index in [0.29, 0.717) is 0 Å². The summed E-state index contributed by atoms with van der Waals surface area (Å²) < 4.78 is 15.9. The molecule has 0 saturated carbocycles. The summed E-state index contributed by atoms with van der Waals surface area (Å²) >= 11 is 1.66. The summed E-state index contributed by atoms with van der Waals surface area (Å²) in [5.74, 6) is 2.44. The Kier molecular flexibility index (Phi) is 4.87. The zero-order valence-electron chi connectivity index (χ0n) is 12.1. The monoisotopic (exact) mass is 293 g/mol. The minimum atomic E-state index is 0.0768. The lowest BCUT2D eigenvalue weighted by Gasteiger charge is -2.17. The smallest absolute Gasteiger partial charge is 0.129 e. The van der Waals surface area contributed by atoms with Crippen molar-refractivity contribution in [1.29, 1.82) is 0 Å². The molecule has 2 rings (SSSR count). The van der Waals surface area contributed by atoms with E-state index < -0.39 is 0 Å². The molecule has 2 aromatic rings. The third kappa shape index (κ3) is 3.05. The molecular weight excluding hydrogens is 274 g/mol. The third-order valence-corrected chi connectivity index (χ3v) is 4.09. The van der Waals surface area contributed by atoms with Gasteiger partial charge in [0.25, 0.3) is 0 Å². The molecule has 0 saturated heterocycles. The van der Waals surface area contributed by atoms with Crippen molar-refractivity contribution in [3.05, 3.63) is 40.1 Å². The van der Waals surface area contributed by atoms with Crippen LogP contribution < -0.4 is 19.5 Å². The Balaban J connectivity index is 2.40. The zero-order valence-corrected chi connectivity index (χ0v) is 12.9. The zero-order chi connectivity index (χ0) is 14.5. The SMILES string of the molecule is CNC(c1cc(OC)cc(OC)c1)c1cc(OC)cs1. The molecule has 1 heterocycles. The molecule has 0 spiro atoms. The molecule has 5 heteroatoms. The second-order valence-electron chi connectivity index (χ2n) is 4.26. The lowest BCUT2D eigenvalue weighted by molar-refractivity contribution is 0.392. The molecule has 0 radical (unpaired) electrons. The standard InChI is InChI=1S/C15H19NO3S/c1-16-15(14-8-13(19-4)9-20-14)10-5-11(17-2)7-12(6-10)18-3/h5-9,15-16H,1-4H3. The van der Waals surface area contributed by atoms with Crippen LogP contribution in [0.5, 0.6) is 17.2 Å². The maximum absolute atomic E-state index is 5.33. The first kappa shape index (κ1) is 14.7. The largest absolute Gasteiger partial charge is 0.497 e. The molecule has 0 aliphatic carbocycles. The van der Waals surface area contributed by atoms with Gasteiger partial charge in [0.1, 0.15) is 17.2 Å². The highest BCUT2D eigenvalue weighted by molar-refractivity contribution is 7.10. The Bertz CT molecular complexity index is 546. The first-order chi connectivity index (χ1) is 9.71. The number of nitrogens with one attached hydrogen (secondary N) is 1. The normalized spacial score (nSPS) is 12.0. The van der Waals surface area contributed by atoms with Gasteiger partial charge in [0.2, 0.25) is 0 Å². The second kappa shape index (κ2) is 6.63. The Morgan fingerprint density at radius 2 is 1.50 bits per heavy atom. The fourth-order valence-corrected chi connectivity index (χ4v) is 3.05. The number of ether oxygens (including phenoxy) is 3. The minimum absolute atomic E-state index is 0.0768. The van der Waals surface area contributed by atoms with Crippen molar-refractivity contribution in [3.63, 3.8) is 0 Å². The quantitative estimate of drug-likeness (QED) is 0.888. The van der Waals surface area contributed by atoms with Crippen LogP contribution in [0.25, 0.3) is 0 Å². The molecule has 1 N–H and O–H groups in total. The van der Waals surface area contributed by atoms with E-state index in [0.717, 1.165) is 22.8 Å². The van der Waals surface area contributed by atoms with E-state index in [2.05, 4.69) is 5.32 Å². The fourth-order valence-electron chi connectivity index (χ4n) is 2.06. The number of methoxy groups -OCH3 is 3. The summed E-state index contributed by atoms with van der Waals surface area (Å²) in [6.07, 6.45) is 0. The molecule has 4 nitrogen and oxygen atoms in total. The lowest BCUT2D eigenvalue weighted by atomic mass is 10.0. The van der Waals surface area contributed by atoms with Crippen LogP contribution in [0, 0.1) is 0 Å². The van der Waals surface area contributed by atoms with Crippen LogP contribution >= 0.6 is 11.3 Å². The predicted octanol–water partition coefficient (Wildman–Crippen LogP) is 3.08. The molecule has 0 aliphatic rings. The van der Waals surface area contributed by atoms with E-state index in [1.54, 1.807) is 32.7 Å². The molecule has 20 heavy (non-hydrogen) atoms. The van der Waals surface area contributed by atoms with Gasteiger partial charge in [-0.05, 0) is 30.8 Å². The maximum atomic E-state index is 5.33. The van der Waals surface area contributed by atoms with Gasteiger partial charge in [0, 0.05) is 16.3 Å². The van der Waals surface area contributed by atoms with Gasteiger partial charge in [-0.1, -0.05) is 0 Å². The van der Waals surface area contributed by atoms with E-state index in [1.807, 2.05) is 36.7 Å². The van der Waals surface area contributed by atoms with Crippen LogP contribution in [0.4, 0.5) is 0 Å². The average Bonchev–Trinajstić information content (AvgIpc) is 2.96. The van der Waals surface area contributed by atoms with Gasteiger partial charge < -0.3 is 19.5 Å². The van der Waals surface area contributed by atoms with Gasteiger partial charge in [-0.3, -0.25) is 0 Å². The fraction of sp³-hybridized carbons (Fsp3) is 0.333. The van der Waals surface area contributed by atoms with Crippen molar-refractivity contribution in [2.45, 2.75) is 6.04 Å². The van der Waals surface area contributed by atoms with Crippen LogP contribution in [0.15, 0.2) is 29.6 Å². The van der Waals surface area contributed by atoms with Crippen molar-refractivity contribution in [3.8, 4) is 17.2 Å². The summed E-state index contributed by atoms with van der Waals surface area (Å²) in [5.41, 5.74) is 1.09. The van der Waals surface area contributed by atoms with E-state index in [9.17, 15) is 0 Å². The van der Waals surface area contributed by atoms with E-state index in [1.165, 1.54) is 4.88 Å². The molecule has 0 amide bonds. The number of hydrogen-bond donors (Lipinski definition) is 1. The van der Waals surface area contributed by atoms with Gasteiger partial charge in [0.05, 0.1) is 27.4 Å². The van der Waals surface area contributed by atoms with Crippen LogP contribution in [-0.2, 0) is 0 Å². The van der Waals surface area contributed by atoms with E-state index >= 15 is 0 Å². The highest BCUT2D eigenvalue weighted by Gasteiger charge is 2.16. The molecule has 1 unspecified atom stereocenters. The van der Waals surface area contributed by atoms with Crippen LogP contribution in [0.3, 0.4) is 0 Å². The highest BCUT2D eigenvalue weighted by atomic mass is 32.1. The summed E-state index contributed by atoms with van der Waals surface area (Å²) in [7, 11) is 6.92. The molecule has 108 valence electrons. The molecule has 1 atom stereocenters. The third-order valence-electron chi connectivity index (χ3n) is 3.11.